The van der Waals surface area contributed by atoms with E-state index in [1.54, 1.807) is 6.42 Å². The van der Waals surface area contributed by atoms with Crippen molar-refractivity contribution in [2.24, 2.45) is 23.7 Å². The predicted octanol–water partition coefficient (Wildman–Crippen LogP) is 3.24. The van der Waals surface area contributed by atoms with Gasteiger partial charge in [0.15, 0.2) is 0 Å². The van der Waals surface area contributed by atoms with E-state index in [2.05, 4.69) is 6.92 Å². The quantitative estimate of drug-likeness (QED) is 0.670. The maximum Gasteiger partial charge on any atom is 0.0631 e. The van der Waals surface area contributed by atoms with Crippen molar-refractivity contribution in [1.82, 2.24) is 0 Å². The van der Waals surface area contributed by atoms with Crippen LogP contribution in [-0.4, -0.2) is 12.7 Å². The van der Waals surface area contributed by atoms with E-state index >= 15 is 0 Å². The van der Waals surface area contributed by atoms with Crippen molar-refractivity contribution >= 4 is 0 Å². The first kappa shape index (κ1) is 9.21. The van der Waals surface area contributed by atoms with Crippen molar-refractivity contribution in [3.05, 3.63) is 0 Å². The zero-order valence-corrected chi connectivity index (χ0v) is 9.24. The minimum absolute atomic E-state index is 0.655. The largest absolute Gasteiger partial charge is 0.378 e. The number of hydrogen-bond donors (Lipinski definition) is 0. The normalized spacial score (nSPS) is 49.9. The minimum atomic E-state index is 0.655. The fraction of sp³-hybridized carbons (Fsp3) is 1.00. The van der Waals surface area contributed by atoms with Crippen molar-refractivity contribution in [2.75, 3.05) is 6.61 Å². The van der Waals surface area contributed by atoms with Gasteiger partial charge in [0.05, 0.1) is 6.10 Å². The molecule has 1 nitrogen and oxygen atoms in total. The molecule has 0 aromatic heterocycles. The second-order valence-electron chi connectivity index (χ2n) is 5.77. The number of hydrogen-bond acceptors (Lipinski definition) is 1. The molecule has 0 spiro atoms. The molecule has 0 amide bonds. The number of ether oxygens (including phenoxy) is 1. The van der Waals surface area contributed by atoms with Gasteiger partial charge in [-0.25, -0.2) is 0 Å². The molecule has 14 heavy (non-hydrogen) atoms. The van der Waals surface area contributed by atoms with Gasteiger partial charge in [0.25, 0.3) is 0 Å². The Balaban J connectivity index is 1.69. The van der Waals surface area contributed by atoms with E-state index in [1.807, 2.05) is 0 Å². The van der Waals surface area contributed by atoms with Gasteiger partial charge in [-0.3, -0.25) is 0 Å². The molecule has 0 radical (unpaired) electrons. The Morgan fingerprint density at radius 2 is 1.50 bits per heavy atom. The molecule has 0 N–H and O–H groups in total. The van der Waals surface area contributed by atoms with Crippen LogP contribution in [0.15, 0.2) is 0 Å². The minimum Gasteiger partial charge on any atom is -0.378 e. The summed E-state index contributed by atoms with van der Waals surface area (Å²) in [6, 6.07) is 0. The van der Waals surface area contributed by atoms with Crippen molar-refractivity contribution < 1.29 is 4.74 Å². The highest BCUT2D eigenvalue weighted by Gasteiger charge is 2.48. The van der Waals surface area contributed by atoms with Crippen LogP contribution in [0.25, 0.3) is 0 Å². The molecule has 1 heteroatoms. The number of rotatable bonds is 3. The molecule has 0 unspecified atom stereocenters. The van der Waals surface area contributed by atoms with Crippen LogP contribution in [0.3, 0.4) is 0 Å². The average molecular weight is 194 g/mol. The Morgan fingerprint density at radius 1 is 0.929 bits per heavy atom. The van der Waals surface area contributed by atoms with Crippen molar-refractivity contribution in [2.45, 2.75) is 51.6 Å². The van der Waals surface area contributed by atoms with Crippen LogP contribution in [0.2, 0.25) is 0 Å². The molecule has 4 bridgehead atoms. The Morgan fingerprint density at radius 3 is 2.00 bits per heavy atom. The molecule has 4 fully saturated rings. The topological polar surface area (TPSA) is 9.23 Å². The third-order valence-electron chi connectivity index (χ3n) is 4.65. The molecule has 0 aliphatic heterocycles. The summed E-state index contributed by atoms with van der Waals surface area (Å²) in [5.74, 6) is 4.05. The van der Waals surface area contributed by atoms with Crippen LogP contribution in [0, 0.1) is 23.7 Å². The molecule has 0 heterocycles. The van der Waals surface area contributed by atoms with Crippen LogP contribution in [0.4, 0.5) is 0 Å². The van der Waals surface area contributed by atoms with Crippen LogP contribution < -0.4 is 0 Å². The molecule has 4 aliphatic rings. The van der Waals surface area contributed by atoms with Gasteiger partial charge in [0.2, 0.25) is 0 Å². The first-order valence-corrected chi connectivity index (χ1v) is 6.48. The summed E-state index contributed by atoms with van der Waals surface area (Å²) in [7, 11) is 0. The predicted molar refractivity (Wildman–Crippen MR) is 57.1 cm³/mol. The summed E-state index contributed by atoms with van der Waals surface area (Å²) >= 11 is 0. The van der Waals surface area contributed by atoms with Gasteiger partial charge in [-0.2, -0.15) is 0 Å². The van der Waals surface area contributed by atoms with Gasteiger partial charge >= 0.3 is 0 Å². The Bertz CT molecular complexity index is 183. The average Bonchev–Trinajstić information content (AvgIpc) is 2.15. The second-order valence-corrected chi connectivity index (χ2v) is 5.77. The van der Waals surface area contributed by atoms with Gasteiger partial charge in [-0.15, -0.1) is 0 Å². The van der Waals surface area contributed by atoms with E-state index in [0.29, 0.717) is 6.10 Å². The fourth-order valence-electron chi connectivity index (χ4n) is 4.40. The molecule has 4 rings (SSSR count). The summed E-state index contributed by atoms with van der Waals surface area (Å²) in [6.07, 6.45) is 9.34. The summed E-state index contributed by atoms with van der Waals surface area (Å²) in [5.41, 5.74) is 0. The molecule has 0 saturated heterocycles. The zero-order valence-electron chi connectivity index (χ0n) is 9.24. The van der Waals surface area contributed by atoms with E-state index in [9.17, 15) is 0 Å². The lowest BCUT2D eigenvalue weighted by atomic mass is 9.55. The third kappa shape index (κ3) is 1.41. The van der Waals surface area contributed by atoms with Crippen molar-refractivity contribution in [3.8, 4) is 0 Å². The Kier molecular flexibility index (Phi) is 2.31. The van der Waals surface area contributed by atoms with E-state index in [0.717, 1.165) is 30.3 Å². The molecule has 0 aromatic carbocycles. The lowest BCUT2D eigenvalue weighted by molar-refractivity contribution is -0.126. The lowest BCUT2D eigenvalue weighted by Gasteiger charge is -2.54. The van der Waals surface area contributed by atoms with Gasteiger partial charge in [0.1, 0.15) is 0 Å². The SMILES string of the molecule is CCCOC1C2CC3CC(C2)CC1C3. The maximum atomic E-state index is 6.07. The van der Waals surface area contributed by atoms with E-state index in [4.69, 9.17) is 4.74 Å². The van der Waals surface area contributed by atoms with Gasteiger partial charge < -0.3 is 4.74 Å². The smallest absolute Gasteiger partial charge is 0.0631 e. The first-order chi connectivity index (χ1) is 6.86. The Hall–Kier alpha value is -0.0400. The molecule has 80 valence electrons. The highest BCUT2D eigenvalue weighted by atomic mass is 16.5. The Labute approximate surface area is 87.2 Å². The van der Waals surface area contributed by atoms with Crippen LogP contribution in [-0.2, 0) is 4.74 Å². The highest BCUT2D eigenvalue weighted by Crippen LogP contribution is 2.54. The molecule has 0 atom stereocenters. The highest BCUT2D eigenvalue weighted by molar-refractivity contribution is 4.98. The zero-order chi connectivity index (χ0) is 9.54. The molecular formula is C13H22O. The second kappa shape index (κ2) is 3.52. The van der Waals surface area contributed by atoms with Crippen molar-refractivity contribution in [1.29, 1.82) is 0 Å². The maximum absolute atomic E-state index is 6.07. The van der Waals surface area contributed by atoms with E-state index in [-0.39, 0.29) is 0 Å². The van der Waals surface area contributed by atoms with E-state index < -0.39 is 0 Å². The molecule has 4 saturated carbocycles. The molecule has 4 aliphatic carbocycles. The van der Waals surface area contributed by atoms with Crippen LogP contribution in [0.1, 0.15) is 45.4 Å². The van der Waals surface area contributed by atoms with Crippen LogP contribution in [0.5, 0.6) is 0 Å². The first-order valence-electron chi connectivity index (χ1n) is 6.48. The standard InChI is InChI=1S/C13H22O/c1-2-3-14-13-11-5-9-4-10(7-11)8-12(13)6-9/h9-13H,2-8H2,1H3. The molecular weight excluding hydrogens is 172 g/mol. The molecule has 0 aromatic rings. The lowest BCUT2D eigenvalue weighted by Crippen LogP contribution is -2.49. The monoisotopic (exact) mass is 194 g/mol. The summed E-state index contributed by atoms with van der Waals surface area (Å²) in [6.45, 7) is 3.21. The summed E-state index contributed by atoms with van der Waals surface area (Å²) < 4.78 is 6.07. The van der Waals surface area contributed by atoms with Crippen molar-refractivity contribution in [3.63, 3.8) is 0 Å². The van der Waals surface area contributed by atoms with Gasteiger partial charge in [0, 0.05) is 6.61 Å². The third-order valence-corrected chi connectivity index (χ3v) is 4.65. The summed E-state index contributed by atoms with van der Waals surface area (Å²) in [4.78, 5) is 0. The van der Waals surface area contributed by atoms with E-state index in [1.165, 1.54) is 32.1 Å². The summed E-state index contributed by atoms with van der Waals surface area (Å²) in [5, 5.41) is 0. The van der Waals surface area contributed by atoms with Gasteiger partial charge in [-0.1, -0.05) is 6.92 Å². The fourth-order valence-corrected chi connectivity index (χ4v) is 4.40. The van der Waals surface area contributed by atoms with Crippen LogP contribution >= 0.6 is 0 Å². The van der Waals surface area contributed by atoms with Gasteiger partial charge in [-0.05, 0) is 62.2 Å².